The van der Waals surface area contributed by atoms with Crippen molar-refractivity contribution in [3.63, 3.8) is 0 Å². The highest BCUT2D eigenvalue weighted by Gasteiger charge is 2.52. The number of halogens is 6. The minimum atomic E-state index is -4.42. The van der Waals surface area contributed by atoms with Gasteiger partial charge in [0.2, 0.25) is 0 Å². The molecule has 0 saturated carbocycles. The molecule has 0 atom stereocenters. The van der Waals surface area contributed by atoms with Crippen molar-refractivity contribution in [2.24, 2.45) is 0 Å². The van der Waals surface area contributed by atoms with E-state index in [9.17, 15) is 26.3 Å². The molecule has 11 rings (SSSR count). The van der Waals surface area contributed by atoms with Crippen molar-refractivity contribution < 1.29 is 26.3 Å². The Morgan fingerprint density at radius 1 is 0.277 bits per heavy atom. The molecule has 0 saturated heterocycles. The van der Waals surface area contributed by atoms with Crippen LogP contribution in [0.15, 0.2) is 218 Å². The highest BCUT2D eigenvalue weighted by molar-refractivity contribution is 5.97. The number of nitrogens with zero attached hydrogens (tertiary/aromatic N) is 2. The van der Waals surface area contributed by atoms with Crippen molar-refractivity contribution in [3.05, 3.63) is 252 Å². The molecule has 9 aromatic carbocycles. The SMILES string of the molecule is FC(F)(F)c1ccc(-c2ccc(N3c4ccccc4C4(c5ccccc53)c3ccccc3N(c3ccc(-c5ccc(C(F)(F)F)cc5)cc3)c3ccc(-c5ccccc5)cc34)cc2)cc1. The van der Waals surface area contributed by atoms with Gasteiger partial charge in [0, 0.05) is 11.4 Å². The molecule has 2 heterocycles. The van der Waals surface area contributed by atoms with Gasteiger partial charge in [-0.05, 0) is 134 Å². The van der Waals surface area contributed by atoms with Crippen molar-refractivity contribution in [2.45, 2.75) is 17.8 Å². The van der Waals surface area contributed by atoms with Crippen LogP contribution < -0.4 is 9.80 Å². The fourth-order valence-corrected chi connectivity index (χ4v) is 9.79. The molecule has 1 spiro atoms. The Kier molecular flexibility index (Phi) is 9.32. The summed E-state index contributed by atoms with van der Waals surface area (Å²) in [5.74, 6) is 0. The molecule has 0 bridgehead atoms. The van der Waals surface area contributed by atoms with Gasteiger partial charge in [-0.3, -0.25) is 0 Å². The van der Waals surface area contributed by atoms with Gasteiger partial charge in [0.25, 0.3) is 0 Å². The van der Waals surface area contributed by atoms with Crippen LogP contribution in [0.1, 0.15) is 33.4 Å². The Morgan fingerprint density at radius 3 is 0.969 bits per heavy atom. The highest BCUT2D eigenvalue weighted by Crippen LogP contribution is 2.64. The lowest BCUT2D eigenvalue weighted by atomic mass is 9.60. The first-order valence-corrected chi connectivity index (χ1v) is 21.1. The van der Waals surface area contributed by atoms with Gasteiger partial charge >= 0.3 is 12.4 Å². The third-order valence-electron chi connectivity index (χ3n) is 12.7. The molecular formula is C57H36F6N2. The van der Waals surface area contributed by atoms with Crippen molar-refractivity contribution in [1.82, 2.24) is 0 Å². The average Bonchev–Trinajstić information content (AvgIpc) is 3.34. The van der Waals surface area contributed by atoms with Crippen LogP contribution in [0.3, 0.4) is 0 Å². The topological polar surface area (TPSA) is 6.48 Å². The molecule has 65 heavy (non-hydrogen) atoms. The summed E-state index contributed by atoms with van der Waals surface area (Å²) in [6, 6.07) is 68.8. The van der Waals surface area contributed by atoms with Crippen LogP contribution in [0.4, 0.5) is 60.5 Å². The number of benzene rings is 9. The predicted molar refractivity (Wildman–Crippen MR) is 248 cm³/mol. The molecule has 0 unspecified atom stereocenters. The fraction of sp³-hybridized carbons (Fsp3) is 0.0526. The van der Waals surface area contributed by atoms with E-state index in [4.69, 9.17) is 0 Å². The molecular weight excluding hydrogens is 827 g/mol. The molecule has 0 radical (unpaired) electrons. The lowest BCUT2D eigenvalue weighted by Crippen LogP contribution is -2.42. The Morgan fingerprint density at radius 2 is 0.585 bits per heavy atom. The minimum Gasteiger partial charge on any atom is -0.310 e. The number of para-hydroxylation sites is 3. The van der Waals surface area contributed by atoms with Crippen molar-refractivity contribution in [1.29, 1.82) is 0 Å². The van der Waals surface area contributed by atoms with Gasteiger partial charge in [0.15, 0.2) is 0 Å². The van der Waals surface area contributed by atoms with Crippen LogP contribution in [0.2, 0.25) is 0 Å². The van der Waals surface area contributed by atoms with Crippen molar-refractivity contribution >= 4 is 34.1 Å². The molecule has 2 nitrogen and oxygen atoms in total. The lowest BCUT2D eigenvalue weighted by Gasteiger charge is -2.51. The number of alkyl halides is 6. The van der Waals surface area contributed by atoms with Gasteiger partial charge in [-0.25, -0.2) is 0 Å². The molecule has 2 aliphatic rings. The molecule has 2 aliphatic heterocycles. The van der Waals surface area contributed by atoms with E-state index in [1.807, 2.05) is 84.9 Å². The normalized spacial score (nSPS) is 13.8. The predicted octanol–water partition coefficient (Wildman–Crippen LogP) is 16.7. The first kappa shape index (κ1) is 40.0. The van der Waals surface area contributed by atoms with Gasteiger partial charge in [-0.1, -0.05) is 140 Å². The van der Waals surface area contributed by atoms with E-state index in [1.54, 1.807) is 0 Å². The van der Waals surface area contributed by atoms with E-state index >= 15 is 0 Å². The van der Waals surface area contributed by atoms with Crippen LogP contribution >= 0.6 is 0 Å². The van der Waals surface area contributed by atoms with Crippen LogP contribution in [0, 0.1) is 0 Å². The number of anilines is 6. The molecule has 0 aliphatic carbocycles. The van der Waals surface area contributed by atoms with E-state index in [0.29, 0.717) is 11.1 Å². The third-order valence-corrected chi connectivity index (χ3v) is 12.7. The van der Waals surface area contributed by atoms with E-state index < -0.39 is 28.9 Å². The highest BCUT2D eigenvalue weighted by atomic mass is 19.4. The maximum absolute atomic E-state index is 13.4. The van der Waals surface area contributed by atoms with E-state index in [0.717, 1.165) is 103 Å². The summed E-state index contributed by atoms with van der Waals surface area (Å²) in [7, 11) is 0. The van der Waals surface area contributed by atoms with E-state index in [1.165, 1.54) is 24.3 Å². The summed E-state index contributed by atoms with van der Waals surface area (Å²) in [6.45, 7) is 0. The maximum Gasteiger partial charge on any atom is 0.416 e. The summed E-state index contributed by atoms with van der Waals surface area (Å²) < 4.78 is 80.4. The first-order chi connectivity index (χ1) is 31.5. The van der Waals surface area contributed by atoms with Gasteiger partial charge < -0.3 is 9.80 Å². The summed E-state index contributed by atoms with van der Waals surface area (Å²) in [5.41, 5.74) is 12.9. The molecule has 0 fully saturated rings. The molecule has 9 aromatic rings. The van der Waals surface area contributed by atoms with Gasteiger partial charge in [0.05, 0.1) is 39.3 Å². The average molecular weight is 863 g/mol. The zero-order valence-electron chi connectivity index (χ0n) is 34.4. The van der Waals surface area contributed by atoms with Crippen LogP contribution in [0.5, 0.6) is 0 Å². The quantitative estimate of drug-likeness (QED) is 0.159. The second-order valence-electron chi connectivity index (χ2n) is 16.3. The van der Waals surface area contributed by atoms with Gasteiger partial charge in [0.1, 0.15) is 0 Å². The zero-order chi connectivity index (χ0) is 44.5. The van der Waals surface area contributed by atoms with Gasteiger partial charge in [-0.2, -0.15) is 26.3 Å². The van der Waals surface area contributed by atoms with Crippen LogP contribution in [-0.4, -0.2) is 0 Å². The van der Waals surface area contributed by atoms with Crippen LogP contribution in [-0.2, 0) is 17.8 Å². The second kappa shape index (κ2) is 15.2. The largest absolute Gasteiger partial charge is 0.416 e. The monoisotopic (exact) mass is 862 g/mol. The Labute approximate surface area is 371 Å². The van der Waals surface area contributed by atoms with Gasteiger partial charge in [-0.15, -0.1) is 0 Å². The van der Waals surface area contributed by atoms with Crippen LogP contribution in [0.25, 0.3) is 33.4 Å². The fourth-order valence-electron chi connectivity index (χ4n) is 9.79. The second-order valence-corrected chi connectivity index (χ2v) is 16.3. The summed E-state index contributed by atoms with van der Waals surface area (Å²) in [6.07, 6.45) is -8.83. The lowest BCUT2D eigenvalue weighted by molar-refractivity contribution is -0.138. The maximum atomic E-state index is 13.4. The number of hydrogen-bond acceptors (Lipinski definition) is 2. The number of rotatable bonds is 5. The summed E-state index contributed by atoms with van der Waals surface area (Å²) >= 11 is 0. The molecule has 8 heteroatoms. The zero-order valence-corrected chi connectivity index (χ0v) is 34.4. The Bertz CT molecular complexity index is 3110. The van der Waals surface area contributed by atoms with E-state index in [-0.39, 0.29) is 0 Å². The number of fused-ring (bicyclic) bond motifs is 8. The Balaban J connectivity index is 1.09. The summed E-state index contributed by atoms with van der Waals surface area (Å²) in [4.78, 5) is 4.54. The Hall–Kier alpha value is -7.84. The smallest absolute Gasteiger partial charge is 0.310 e. The molecule has 0 N–H and O–H groups in total. The first-order valence-electron chi connectivity index (χ1n) is 21.1. The minimum absolute atomic E-state index is 0.685. The molecule has 316 valence electrons. The standard InChI is InChI=1S/C57H36F6N2/c58-56(59,60)43-27-18-38(19-28-43)40-22-31-45(32-23-40)64-51-15-7-4-12-47(51)55(48-13-5-8-16-52(48)64)49-14-6-9-17-53(49)65(54-35-26-42(36-50(54)55)37-10-2-1-3-11-37)46-33-24-41(25-34-46)39-20-29-44(30-21-39)57(61,62)63/h1-36H. The van der Waals surface area contributed by atoms with Crippen molar-refractivity contribution in [3.8, 4) is 33.4 Å². The molecule has 0 aromatic heterocycles. The van der Waals surface area contributed by atoms with Crippen molar-refractivity contribution in [2.75, 3.05) is 9.80 Å². The third kappa shape index (κ3) is 6.59. The molecule has 0 amide bonds. The number of hydrogen-bond donors (Lipinski definition) is 0. The van der Waals surface area contributed by atoms with E-state index in [2.05, 4.69) is 94.7 Å². The summed E-state index contributed by atoms with van der Waals surface area (Å²) in [5, 5.41) is 0.